The van der Waals surface area contributed by atoms with Crippen molar-refractivity contribution in [3.05, 3.63) is 80.7 Å². The maximum Gasteiger partial charge on any atom is 0.356 e. The summed E-state index contributed by atoms with van der Waals surface area (Å²) in [5.41, 5.74) is 9.98. The van der Waals surface area contributed by atoms with Crippen molar-refractivity contribution in [3.8, 4) is 5.75 Å². The Bertz CT molecular complexity index is 1140. The number of nitrogens with zero attached hydrogens (tertiary/aromatic N) is 4. The standard InChI is InChI=1S/C18H16N8O6/c1-32-14-8-2-11(3-9-14)18(27)24-23-17-15(26(30)31)16(19-10-20-17)22-21-12-4-6-13(7-5-12)25(28)29/h2-10,21H,1H3,(H,24,27)(H2,19,20,22,23). The van der Waals surface area contributed by atoms with Crippen molar-refractivity contribution in [2.75, 3.05) is 23.4 Å². The van der Waals surface area contributed by atoms with Gasteiger partial charge in [0, 0.05) is 17.7 Å². The maximum absolute atomic E-state index is 12.3. The Balaban J connectivity index is 1.71. The van der Waals surface area contributed by atoms with Gasteiger partial charge in [-0.25, -0.2) is 9.97 Å². The van der Waals surface area contributed by atoms with E-state index in [1.807, 2.05) is 0 Å². The molecule has 14 heteroatoms. The minimum atomic E-state index is -0.734. The van der Waals surface area contributed by atoms with Gasteiger partial charge in [-0.05, 0) is 36.4 Å². The zero-order valence-electron chi connectivity index (χ0n) is 16.4. The molecule has 0 aliphatic rings. The molecule has 2 aromatic carbocycles. The summed E-state index contributed by atoms with van der Waals surface area (Å²) in [5, 5.41) is 22.3. The van der Waals surface area contributed by atoms with Crippen LogP contribution in [0.3, 0.4) is 0 Å². The number of hydrogen-bond acceptors (Lipinski definition) is 11. The summed E-state index contributed by atoms with van der Waals surface area (Å²) in [6.07, 6.45) is 1.05. The molecule has 3 aromatic rings. The van der Waals surface area contributed by atoms with Crippen LogP contribution in [0.2, 0.25) is 0 Å². The van der Waals surface area contributed by atoms with Crippen molar-refractivity contribution in [1.29, 1.82) is 0 Å². The molecule has 32 heavy (non-hydrogen) atoms. The predicted molar refractivity (Wildman–Crippen MR) is 113 cm³/mol. The van der Waals surface area contributed by atoms with E-state index < -0.39 is 21.4 Å². The van der Waals surface area contributed by atoms with E-state index in [9.17, 15) is 25.0 Å². The van der Waals surface area contributed by atoms with Gasteiger partial charge in [-0.1, -0.05) is 0 Å². The third-order valence-electron chi connectivity index (χ3n) is 4.05. The minimum Gasteiger partial charge on any atom is -0.497 e. The number of ether oxygens (including phenoxy) is 1. The van der Waals surface area contributed by atoms with Crippen LogP contribution in [-0.4, -0.2) is 32.8 Å². The van der Waals surface area contributed by atoms with E-state index in [4.69, 9.17) is 4.74 Å². The fourth-order valence-corrected chi connectivity index (χ4v) is 2.46. The SMILES string of the molecule is COc1ccc(C(=O)NNc2ncnc(NNc3ccc([N+](=O)[O-])cc3)c2[N+](=O)[O-])cc1. The summed E-state index contributed by atoms with van der Waals surface area (Å²) >= 11 is 0. The second-order valence-corrected chi connectivity index (χ2v) is 6.04. The molecule has 0 radical (unpaired) electrons. The number of rotatable bonds is 9. The topological polar surface area (TPSA) is 186 Å². The number of aromatic nitrogens is 2. The molecule has 164 valence electrons. The summed E-state index contributed by atoms with van der Waals surface area (Å²) in [6.45, 7) is 0. The average Bonchev–Trinajstić information content (AvgIpc) is 2.81. The fraction of sp³-hybridized carbons (Fsp3) is 0.0556. The molecule has 14 nitrogen and oxygen atoms in total. The van der Waals surface area contributed by atoms with Gasteiger partial charge in [0.2, 0.25) is 11.6 Å². The van der Waals surface area contributed by atoms with Gasteiger partial charge < -0.3 is 4.74 Å². The van der Waals surface area contributed by atoms with Gasteiger partial charge in [-0.15, -0.1) is 0 Å². The Morgan fingerprint density at radius 1 is 0.875 bits per heavy atom. The number of hydrogen-bond donors (Lipinski definition) is 4. The molecule has 0 fully saturated rings. The van der Waals surface area contributed by atoms with E-state index in [1.165, 1.54) is 43.5 Å². The Labute approximate surface area is 179 Å². The summed E-state index contributed by atoms with van der Waals surface area (Å²) in [7, 11) is 1.49. The van der Waals surface area contributed by atoms with Crippen molar-refractivity contribution in [1.82, 2.24) is 15.4 Å². The van der Waals surface area contributed by atoms with Crippen LogP contribution in [0.4, 0.5) is 28.7 Å². The Hall–Kier alpha value is -5.01. The summed E-state index contributed by atoms with van der Waals surface area (Å²) in [4.78, 5) is 40.9. The number of nitro benzene ring substituents is 1. The van der Waals surface area contributed by atoms with Gasteiger partial charge in [0.15, 0.2) is 0 Å². The number of benzene rings is 2. The molecule has 4 N–H and O–H groups in total. The summed E-state index contributed by atoms with van der Waals surface area (Å²) in [6, 6.07) is 11.6. The number of nitro groups is 2. The number of nitrogens with one attached hydrogen (secondary N) is 4. The maximum atomic E-state index is 12.3. The molecule has 3 rings (SSSR count). The zero-order chi connectivity index (χ0) is 23.1. The van der Waals surface area contributed by atoms with Crippen LogP contribution in [0.15, 0.2) is 54.9 Å². The molecule has 1 heterocycles. The molecule has 0 aliphatic heterocycles. The van der Waals surface area contributed by atoms with Crippen molar-refractivity contribution < 1.29 is 19.4 Å². The van der Waals surface area contributed by atoms with Crippen LogP contribution in [0.1, 0.15) is 10.4 Å². The van der Waals surface area contributed by atoms with Crippen LogP contribution >= 0.6 is 0 Å². The first-order chi connectivity index (χ1) is 15.4. The molecular formula is C18H16N8O6. The normalized spacial score (nSPS) is 10.0. The Morgan fingerprint density at radius 3 is 2.06 bits per heavy atom. The second kappa shape index (κ2) is 9.66. The first-order valence-electron chi connectivity index (χ1n) is 8.85. The van der Waals surface area contributed by atoms with Gasteiger partial charge in [-0.3, -0.25) is 46.7 Å². The summed E-state index contributed by atoms with van der Waals surface area (Å²) < 4.78 is 5.02. The van der Waals surface area contributed by atoms with Crippen LogP contribution < -0.4 is 26.4 Å². The van der Waals surface area contributed by atoms with Crippen molar-refractivity contribution in [2.24, 2.45) is 0 Å². The monoisotopic (exact) mass is 440 g/mol. The van der Waals surface area contributed by atoms with Gasteiger partial charge in [-0.2, -0.15) is 0 Å². The minimum absolute atomic E-state index is 0.109. The second-order valence-electron chi connectivity index (χ2n) is 6.04. The quantitative estimate of drug-likeness (QED) is 0.283. The Kier molecular flexibility index (Phi) is 6.55. The first-order valence-corrected chi connectivity index (χ1v) is 8.85. The van der Waals surface area contributed by atoms with Crippen LogP contribution in [0.25, 0.3) is 0 Å². The molecule has 0 saturated carbocycles. The van der Waals surface area contributed by atoms with E-state index in [0.29, 0.717) is 11.4 Å². The van der Waals surface area contributed by atoms with Gasteiger partial charge in [0.05, 0.1) is 22.6 Å². The molecule has 1 aromatic heterocycles. The number of non-ortho nitro benzene ring substituents is 1. The lowest BCUT2D eigenvalue weighted by atomic mass is 10.2. The van der Waals surface area contributed by atoms with E-state index in [2.05, 4.69) is 31.7 Å². The van der Waals surface area contributed by atoms with Gasteiger partial charge in [0.25, 0.3) is 11.6 Å². The smallest absolute Gasteiger partial charge is 0.356 e. The number of anilines is 3. The lowest BCUT2D eigenvalue weighted by molar-refractivity contribution is -0.384. The predicted octanol–water partition coefficient (Wildman–Crippen LogP) is 2.50. The molecular weight excluding hydrogens is 424 g/mol. The van der Waals surface area contributed by atoms with Crippen molar-refractivity contribution >= 4 is 34.6 Å². The van der Waals surface area contributed by atoms with Gasteiger partial charge in [0.1, 0.15) is 12.1 Å². The van der Waals surface area contributed by atoms with Crippen LogP contribution in [-0.2, 0) is 0 Å². The lowest BCUT2D eigenvalue weighted by Gasteiger charge is -2.12. The van der Waals surface area contributed by atoms with Gasteiger partial charge >= 0.3 is 5.69 Å². The highest BCUT2D eigenvalue weighted by atomic mass is 16.6. The van der Waals surface area contributed by atoms with Crippen molar-refractivity contribution in [3.63, 3.8) is 0 Å². The molecule has 1 amide bonds. The van der Waals surface area contributed by atoms with E-state index in [-0.39, 0.29) is 22.9 Å². The molecule has 0 bridgehead atoms. The average molecular weight is 440 g/mol. The number of carbonyl (C=O) groups is 1. The molecule has 0 saturated heterocycles. The van der Waals surface area contributed by atoms with Crippen LogP contribution in [0.5, 0.6) is 5.75 Å². The number of hydrazine groups is 2. The first kappa shape index (κ1) is 21.7. The number of amides is 1. The van der Waals surface area contributed by atoms with E-state index in [0.717, 1.165) is 6.33 Å². The molecule has 0 aliphatic carbocycles. The lowest BCUT2D eigenvalue weighted by Crippen LogP contribution is -2.30. The molecule has 0 atom stereocenters. The number of carbonyl (C=O) groups excluding carboxylic acids is 1. The summed E-state index contributed by atoms with van der Waals surface area (Å²) in [5.74, 6) is -0.458. The molecule has 0 unspecified atom stereocenters. The highest BCUT2D eigenvalue weighted by molar-refractivity contribution is 5.95. The fourth-order valence-electron chi connectivity index (χ4n) is 2.46. The zero-order valence-corrected chi connectivity index (χ0v) is 16.4. The third-order valence-corrected chi connectivity index (χ3v) is 4.05. The third kappa shape index (κ3) is 5.12. The van der Waals surface area contributed by atoms with Crippen molar-refractivity contribution in [2.45, 2.75) is 0 Å². The largest absolute Gasteiger partial charge is 0.497 e. The van der Waals surface area contributed by atoms with E-state index >= 15 is 0 Å². The highest BCUT2D eigenvalue weighted by Gasteiger charge is 2.23. The molecule has 0 spiro atoms. The Morgan fingerprint density at radius 2 is 1.50 bits per heavy atom. The highest BCUT2D eigenvalue weighted by Crippen LogP contribution is 2.28. The number of methoxy groups -OCH3 is 1. The van der Waals surface area contributed by atoms with E-state index in [1.54, 1.807) is 12.1 Å². The van der Waals surface area contributed by atoms with Crippen LogP contribution in [0, 0.1) is 20.2 Å².